The van der Waals surface area contributed by atoms with Gasteiger partial charge in [0.1, 0.15) is 36.6 Å². The molecule has 0 aromatic rings. The number of esters is 1. The van der Waals surface area contributed by atoms with E-state index in [0.29, 0.717) is 64.2 Å². The van der Waals surface area contributed by atoms with Crippen LogP contribution in [-0.4, -0.2) is 198 Å². The molecule has 0 aliphatic carbocycles. The lowest BCUT2D eigenvalue weighted by molar-refractivity contribution is -0.347. The Morgan fingerprint density at radius 3 is 2.03 bits per heavy atom. The highest BCUT2D eigenvalue weighted by Gasteiger charge is 2.70. The van der Waals surface area contributed by atoms with Gasteiger partial charge in [-0.2, -0.15) is 0 Å². The molecule has 2 unspecified atom stereocenters. The van der Waals surface area contributed by atoms with Gasteiger partial charge in [0.15, 0.2) is 17.4 Å². The number of ether oxygens (including phenoxy) is 15. The van der Waals surface area contributed by atoms with E-state index < -0.39 is 72.8 Å². The van der Waals surface area contributed by atoms with E-state index in [0.717, 1.165) is 49.7 Å². The molecule has 32 atom stereocenters. The number of aliphatic hydroxyl groups is 3. The number of carbonyl (C=O) groups excluding carboxylic acids is 1. The van der Waals surface area contributed by atoms with Gasteiger partial charge in [0.05, 0.1) is 129 Å². The van der Waals surface area contributed by atoms with E-state index in [2.05, 4.69) is 40.9 Å². The maximum atomic E-state index is 14.6. The van der Waals surface area contributed by atoms with Crippen molar-refractivity contribution in [1.29, 1.82) is 0 Å². The third kappa shape index (κ3) is 9.43. The predicted molar refractivity (Wildman–Crippen MR) is 274 cm³/mol. The van der Waals surface area contributed by atoms with Crippen molar-refractivity contribution in [3.05, 3.63) is 24.3 Å². The summed E-state index contributed by atoms with van der Waals surface area (Å²) in [7, 11) is 0. The summed E-state index contributed by atoms with van der Waals surface area (Å²) < 4.78 is 104. The van der Waals surface area contributed by atoms with Crippen molar-refractivity contribution in [2.75, 3.05) is 6.61 Å². The van der Waals surface area contributed by atoms with E-state index in [4.69, 9.17) is 71.1 Å². The number of rotatable bonds is 4. The van der Waals surface area contributed by atoms with Crippen LogP contribution in [0.5, 0.6) is 0 Å². The normalized spacial score (nSPS) is 57.2. The average molecular weight is 1110 g/mol. The molecule has 16 aliphatic heterocycles. The molecule has 3 spiro atoms. The van der Waals surface area contributed by atoms with Gasteiger partial charge in [-0.1, -0.05) is 40.9 Å². The Hall–Kier alpha value is -1.73. The molecule has 16 fully saturated rings. The van der Waals surface area contributed by atoms with Crippen molar-refractivity contribution in [3.63, 3.8) is 0 Å². The van der Waals surface area contributed by atoms with Crippen LogP contribution in [0.1, 0.15) is 143 Å². The molecule has 79 heavy (non-hydrogen) atoms. The first kappa shape index (κ1) is 54.0. The van der Waals surface area contributed by atoms with Crippen LogP contribution in [0.25, 0.3) is 0 Å². The second-order valence-corrected chi connectivity index (χ2v) is 27.5. The minimum Gasteiger partial charge on any atom is -0.459 e. The van der Waals surface area contributed by atoms with Gasteiger partial charge in [0.2, 0.25) is 0 Å². The molecule has 16 heterocycles. The fraction of sp³-hybridized carbons (Fsp3) is 0.917. The fourth-order valence-corrected chi connectivity index (χ4v) is 18.2. The summed E-state index contributed by atoms with van der Waals surface area (Å²) in [6, 6.07) is 0. The first-order valence-electron chi connectivity index (χ1n) is 30.8. The van der Waals surface area contributed by atoms with Crippen LogP contribution in [0, 0.1) is 23.7 Å². The van der Waals surface area contributed by atoms with Gasteiger partial charge in [-0.3, -0.25) is 4.79 Å². The van der Waals surface area contributed by atoms with Crippen LogP contribution in [-0.2, 0) is 75.8 Å². The fourth-order valence-electron chi connectivity index (χ4n) is 18.2. The molecule has 0 saturated carbocycles. The number of hydrogen-bond donors (Lipinski definition) is 3. The molecule has 16 aliphatic rings. The van der Waals surface area contributed by atoms with E-state index in [1.807, 2.05) is 0 Å². The van der Waals surface area contributed by atoms with Gasteiger partial charge < -0.3 is 86.4 Å². The standard InChI is InChI=1S/C60H86O19/c1-26-13-33-7-9-37-27(2)14-35(65-37)11-12-58-23-46-54(78-58)55-56(72-46)57(79-58)53-38(69-55)10-8-34(67-53)16-48(64)73-52-31(6)51-43(68-42(52)17-39(66-33)30(26)5)19-41-45(71-51)22-60(74-41)24-47-50(77-60)29(4)21-59(76-47)20-28(3)49-44(75-59)18-40(70-49)36(63)15-32(62)25-61/h26,28-29,31-47,49-57,61-63H,2,5,7-25H2,1,3-4,6H3/t26-,28+,29+,31+,32-,33+,34-,35+,36+,37+,38+,39?,40+,41-,42+,43+,44+,45-,46-,47+,49+,50+,51+,52-,53+,54-,55?,56-,57+,58+,59-,60-/m1/s1. The zero-order valence-electron chi connectivity index (χ0n) is 46.5. The zero-order chi connectivity index (χ0) is 54.0. The number of aliphatic hydroxyl groups excluding tert-OH is 3. The van der Waals surface area contributed by atoms with Crippen LogP contribution in [0.4, 0.5) is 0 Å². The maximum absolute atomic E-state index is 14.6. The minimum atomic E-state index is -1.02. The minimum absolute atomic E-state index is 0.0143. The highest BCUT2D eigenvalue weighted by Crippen LogP contribution is 2.58. The van der Waals surface area contributed by atoms with Gasteiger partial charge in [-0.15, -0.1) is 0 Å². The van der Waals surface area contributed by atoms with Crippen LogP contribution in [0.3, 0.4) is 0 Å². The Bertz CT molecular complexity index is 2340. The predicted octanol–water partition coefficient (Wildman–Crippen LogP) is 4.93. The summed E-state index contributed by atoms with van der Waals surface area (Å²) >= 11 is 0. The third-order valence-corrected chi connectivity index (χ3v) is 21.9. The van der Waals surface area contributed by atoms with E-state index in [1.165, 1.54) is 0 Å². The van der Waals surface area contributed by atoms with Gasteiger partial charge in [-0.05, 0) is 73.8 Å². The number of fused-ring (bicyclic) bond motifs is 10. The molecule has 3 N–H and O–H groups in total. The van der Waals surface area contributed by atoms with Crippen molar-refractivity contribution in [1.82, 2.24) is 0 Å². The summed E-state index contributed by atoms with van der Waals surface area (Å²) in [4.78, 5) is 14.6. The van der Waals surface area contributed by atoms with E-state index >= 15 is 0 Å². The van der Waals surface area contributed by atoms with Gasteiger partial charge >= 0.3 is 5.97 Å². The Morgan fingerprint density at radius 1 is 0.506 bits per heavy atom. The SMILES string of the molecule is C=C1C2C[C@@H]3O[C@H]4C[C@H]5O[C@]6(C[C@@H]7O[C@]8(C[C@H](C)[C@@H]9O[C@H]([C@@H](O)C[C@@H](O)CO)C[C@@H]9O8)C[C@H](C)[C@@H]7O6)C[C@H]5O[C@H]4[C@H](C)[C@H]3OC(=O)C[C@H]3CC[C@@H]4OC5[C@H]6O[C@@H]7C[C@](CC[C@H]8CC(=C)[C@H](CC[C@@H](C[C@H]1C)O2)O8)(O[C@H]6[C@H]4O3)O[C@@H]57. The third-order valence-electron chi connectivity index (χ3n) is 21.9. The Labute approximate surface area is 463 Å². The summed E-state index contributed by atoms with van der Waals surface area (Å²) in [5, 5.41) is 30.3. The van der Waals surface area contributed by atoms with Crippen LogP contribution >= 0.6 is 0 Å². The molecule has 16 rings (SSSR count). The van der Waals surface area contributed by atoms with Crippen molar-refractivity contribution in [3.8, 4) is 0 Å². The quantitative estimate of drug-likeness (QED) is 0.251. The number of carbonyl (C=O) groups is 1. The van der Waals surface area contributed by atoms with Gasteiger partial charge in [0, 0.05) is 70.1 Å². The van der Waals surface area contributed by atoms with Crippen molar-refractivity contribution in [2.45, 2.75) is 313 Å². The zero-order valence-corrected chi connectivity index (χ0v) is 46.5. The molecule has 19 heteroatoms. The van der Waals surface area contributed by atoms with Crippen molar-refractivity contribution >= 4 is 5.97 Å². The molecular weight excluding hydrogens is 1020 g/mol. The lowest BCUT2D eigenvalue weighted by Gasteiger charge is -2.50. The van der Waals surface area contributed by atoms with E-state index in [9.17, 15) is 20.1 Å². The monoisotopic (exact) mass is 1110 g/mol. The topological polar surface area (TPSA) is 216 Å². The first-order valence-corrected chi connectivity index (χ1v) is 30.8. The molecule has 16 saturated heterocycles. The second kappa shape index (κ2) is 20.2. The molecule has 12 bridgehead atoms. The van der Waals surface area contributed by atoms with Crippen LogP contribution in [0.15, 0.2) is 24.3 Å². The lowest BCUT2D eigenvalue weighted by atomic mass is 9.79. The molecule has 0 radical (unpaired) electrons. The number of hydrogen-bond acceptors (Lipinski definition) is 19. The summed E-state index contributed by atoms with van der Waals surface area (Å²) in [6.07, 6.45) is 2.17. The molecule has 0 aromatic carbocycles. The molecule has 19 nitrogen and oxygen atoms in total. The van der Waals surface area contributed by atoms with E-state index in [-0.39, 0.29) is 146 Å². The van der Waals surface area contributed by atoms with Gasteiger partial charge in [-0.25, -0.2) is 0 Å². The summed E-state index contributed by atoms with van der Waals surface area (Å²) in [6.45, 7) is 17.4. The molecule has 440 valence electrons. The van der Waals surface area contributed by atoms with Gasteiger partial charge in [0.25, 0.3) is 0 Å². The highest BCUT2D eigenvalue weighted by atomic mass is 16.8. The lowest BCUT2D eigenvalue weighted by Crippen LogP contribution is -2.62. The smallest absolute Gasteiger partial charge is 0.308 e. The molecular formula is C60H86O19. The largest absolute Gasteiger partial charge is 0.459 e. The molecule has 0 aromatic heterocycles. The van der Waals surface area contributed by atoms with Crippen LogP contribution < -0.4 is 0 Å². The van der Waals surface area contributed by atoms with Crippen molar-refractivity contribution < 1.29 is 91.2 Å². The van der Waals surface area contributed by atoms with E-state index in [1.54, 1.807) is 0 Å². The Morgan fingerprint density at radius 2 is 1.18 bits per heavy atom. The summed E-state index contributed by atoms with van der Waals surface area (Å²) in [5.74, 6) is -2.77. The first-order chi connectivity index (χ1) is 38.0. The van der Waals surface area contributed by atoms with Crippen molar-refractivity contribution in [2.24, 2.45) is 23.7 Å². The highest BCUT2D eigenvalue weighted by molar-refractivity contribution is 5.70. The average Bonchev–Trinajstić information content (AvgIpc) is 4.45. The second-order valence-electron chi connectivity index (χ2n) is 27.5. The Kier molecular flexibility index (Phi) is 13.8. The van der Waals surface area contributed by atoms with Crippen LogP contribution in [0.2, 0.25) is 0 Å². The summed E-state index contributed by atoms with van der Waals surface area (Å²) in [5.41, 5.74) is 2.15. The Balaban J connectivity index is 0.655. The molecule has 0 amide bonds. The maximum Gasteiger partial charge on any atom is 0.308 e.